The minimum atomic E-state index is -0.182. The van der Waals surface area contributed by atoms with Gasteiger partial charge >= 0.3 is 0 Å². The van der Waals surface area contributed by atoms with Crippen LogP contribution in [0.3, 0.4) is 0 Å². The van der Waals surface area contributed by atoms with Crippen molar-refractivity contribution in [1.82, 2.24) is 5.32 Å². The number of methoxy groups -OCH3 is 1. The third kappa shape index (κ3) is 5.74. The fourth-order valence-corrected chi connectivity index (χ4v) is 2.93. The van der Waals surface area contributed by atoms with Crippen molar-refractivity contribution in [2.45, 2.75) is 33.1 Å². The standard InChI is InChI=1S/C23H27NO5/c1-16(2)29-15-19-7-5-4-6-18(19)14-24-22(25)9-8-17-12-20(26-3)23-21(13-17)27-10-11-28-23/h4-9,12-13,16H,10-11,14-15H2,1-3H3,(H,24,25)/b9-8+. The molecule has 3 rings (SSSR count). The Bertz CT molecular complexity index is 858. The van der Waals surface area contributed by atoms with Crippen LogP contribution >= 0.6 is 0 Å². The Morgan fingerprint density at radius 2 is 1.93 bits per heavy atom. The second-order valence-electron chi connectivity index (χ2n) is 6.93. The van der Waals surface area contributed by atoms with Crippen molar-refractivity contribution in [2.24, 2.45) is 0 Å². The Kier molecular flexibility index (Phi) is 7.14. The first-order valence-electron chi connectivity index (χ1n) is 9.68. The van der Waals surface area contributed by atoms with Gasteiger partial charge in [-0.25, -0.2) is 0 Å². The molecule has 6 nitrogen and oxygen atoms in total. The molecule has 1 amide bonds. The molecule has 6 heteroatoms. The molecule has 0 atom stereocenters. The Morgan fingerprint density at radius 1 is 1.17 bits per heavy atom. The Hall–Kier alpha value is -2.99. The molecule has 154 valence electrons. The number of carbonyl (C=O) groups excluding carboxylic acids is 1. The molecule has 1 aliphatic heterocycles. The average Bonchev–Trinajstić information content (AvgIpc) is 2.74. The van der Waals surface area contributed by atoms with E-state index in [1.807, 2.05) is 50.2 Å². The largest absolute Gasteiger partial charge is 0.493 e. The highest BCUT2D eigenvalue weighted by Crippen LogP contribution is 2.40. The van der Waals surface area contributed by atoms with Gasteiger partial charge in [-0.3, -0.25) is 4.79 Å². The molecule has 1 N–H and O–H groups in total. The molecule has 1 aliphatic rings. The summed E-state index contributed by atoms with van der Waals surface area (Å²) < 4.78 is 22.3. The van der Waals surface area contributed by atoms with Crippen molar-refractivity contribution in [2.75, 3.05) is 20.3 Å². The Morgan fingerprint density at radius 3 is 2.69 bits per heavy atom. The summed E-state index contributed by atoms with van der Waals surface area (Å²) in [5.41, 5.74) is 2.91. The number of amides is 1. The van der Waals surface area contributed by atoms with Crippen LogP contribution in [0, 0.1) is 0 Å². The molecular weight excluding hydrogens is 370 g/mol. The minimum Gasteiger partial charge on any atom is -0.493 e. The highest BCUT2D eigenvalue weighted by molar-refractivity contribution is 5.91. The van der Waals surface area contributed by atoms with Crippen LogP contribution < -0.4 is 19.5 Å². The molecule has 0 aromatic heterocycles. The third-order valence-electron chi connectivity index (χ3n) is 4.42. The summed E-state index contributed by atoms with van der Waals surface area (Å²) in [5, 5.41) is 2.92. The summed E-state index contributed by atoms with van der Waals surface area (Å²) in [7, 11) is 1.58. The first kappa shape index (κ1) is 20.7. The first-order valence-corrected chi connectivity index (χ1v) is 9.68. The maximum atomic E-state index is 12.3. The van der Waals surface area contributed by atoms with E-state index in [2.05, 4.69) is 5.32 Å². The SMILES string of the molecule is COc1cc(/C=C/C(=O)NCc2ccccc2COC(C)C)cc2c1OCCO2. The number of hydrogen-bond donors (Lipinski definition) is 1. The number of nitrogens with one attached hydrogen (secondary N) is 1. The van der Waals surface area contributed by atoms with Gasteiger partial charge in [0.05, 0.1) is 19.8 Å². The van der Waals surface area contributed by atoms with Crippen LogP contribution in [0.4, 0.5) is 0 Å². The molecule has 0 unspecified atom stereocenters. The normalized spacial score (nSPS) is 13.0. The van der Waals surface area contributed by atoms with Crippen molar-refractivity contribution in [3.63, 3.8) is 0 Å². The summed E-state index contributed by atoms with van der Waals surface area (Å²) in [6, 6.07) is 11.6. The quantitative estimate of drug-likeness (QED) is 0.688. The second-order valence-corrected chi connectivity index (χ2v) is 6.93. The van der Waals surface area contributed by atoms with Crippen LogP contribution in [0.1, 0.15) is 30.5 Å². The van der Waals surface area contributed by atoms with E-state index in [1.54, 1.807) is 13.2 Å². The summed E-state index contributed by atoms with van der Waals surface area (Å²) in [4.78, 5) is 12.3. The molecule has 0 fully saturated rings. The molecule has 2 aromatic carbocycles. The number of carbonyl (C=O) groups is 1. The van der Waals surface area contributed by atoms with Crippen LogP contribution in [-0.2, 0) is 22.7 Å². The summed E-state index contributed by atoms with van der Waals surface area (Å²) >= 11 is 0. The molecule has 0 saturated carbocycles. The topological polar surface area (TPSA) is 66.0 Å². The summed E-state index contributed by atoms with van der Waals surface area (Å²) in [5.74, 6) is 1.62. The lowest BCUT2D eigenvalue weighted by molar-refractivity contribution is -0.116. The highest BCUT2D eigenvalue weighted by Gasteiger charge is 2.17. The van der Waals surface area contributed by atoms with E-state index >= 15 is 0 Å². The van der Waals surface area contributed by atoms with E-state index in [9.17, 15) is 4.79 Å². The minimum absolute atomic E-state index is 0.156. The molecule has 2 aromatic rings. The maximum absolute atomic E-state index is 12.3. The van der Waals surface area contributed by atoms with E-state index in [0.717, 1.165) is 16.7 Å². The number of hydrogen-bond acceptors (Lipinski definition) is 5. The summed E-state index contributed by atoms with van der Waals surface area (Å²) in [6.07, 6.45) is 3.38. The highest BCUT2D eigenvalue weighted by atomic mass is 16.6. The van der Waals surface area contributed by atoms with Crippen LogP contribution in [0.5, 0.6) is 17.2 Å². The van der Waals surface area contributed by atoms with Crippen LogP contribution in [0.15, 0.2) is 42.5 Å². The van der Waals surface area contributed by atoms with Gasteiger partial charge in [0.15, 0.2) is 11.5 Å². The smallest absolute Gasteiger partial charge is 0.244 e. The van der Waals surface area contributed by atoms with Gasteiger partial charge in [0.2, 0.25) is 11.7 Å². The van der Waals surface area contributed by atoms with Gasteiger partial charge in [-0.05, 0) is 48.7 Å². The van der Waals surface area contributed by atoms with Gasteiger partial charge < -0.3 is 24.3 Å². The van der Waals surface area contributed by atoms with Gasteiger partial charge in [-0.15, -0.1) is 0 Å². The van der Waals surface area contributed by atoms with E-state index in [4.69, 9.17) is 18.9 Å². The van der Waals surface area contributed by atoms with Crippen molar-refractivity contribution < 1.29 is 23.7 Å². The van der Waals surface area contributed by atoms with E-state index in [0.29, 0.717) is 43.6 Å². The fraction of sp³-hybridized carbons (Fsp3) is 0.348. The first-order chi connectivity index (χ1) is 14.1. The van der Waals surface area contributed by atoms with Crippen LogP contribution in [-0.4, -0.2) is 32.3 Å². The molecule has 0 bridgehead atoms. The summed E-state index contributed by atoms with van der Waals surface area (Å²) in [6.45, 7) is 5.94. The zero-order valence-electron chi connectivity index (χ0n) is 17.1. The molecule has 0 aliphatic carbocycles. The van der Waals surface area contributed by atoms with Gasteiger partial charge in [0, 0.05) is 12.6 Å². The van der Waals surface area contributed by atoms with Crippen molar-refractivity contribution >= 4 is 12.0 Å². The average molecular weight is 397 g/mol. The van der Waals surface area contributed by atoms with Crippen LogP contribution in [0.2, 0.25) is 0 Å². The number of ether oxygens (including phenoxy) is 4. The third-order valence-corrected chi connectivity index (χ3v) is 4.42. The van der Waals surface area contributed by atoms with Crippen molar-refractivity contribution in [3.8, 4) is 17.2 Å². The molecule has 0 radical (unpaired) electrons. The van der Waals surface area contributed by atoms with E-state index in [-0.39, 0.29) is 12.0 Å². The zero-order chi connectivity index (χ0) is 20.6. The molecule has 0 saturated heterocycles. The fourth-order valence-electron chi connectivity index (χ4n) is 2.93. The molecule has 29 heavy (non-hydrogen) atoms. The Balaban J connectivity index is 1.62. The van der Waals surface area contributed by atoms with Gasteiger partial charge in [0.1, 0.15) is 13.2 Å². The van der Waals surface area contributed by atoms with Crippen molar-refractivity contribution in [3.05, 3.63) is 59.2 Å². The van der Waals surface area contributed by atoms with Gasteiger partial charge in [0.25, 0.3) is 0 Å². The van der Waals surface area contributed by atoms with Gasteiger partial charge in [-0.1, -0.05) is 24.3 Å². The lowest BCUT2D eigenvalue weighted by atomic mass is 10.1. The molecular formula is C23H27NO5. The van der Waals surface area contributed by atoms with Crippen LogP contribution in [0.25, 0.3) is 6.08 Å². The number of rotatable bonds is 8. The predicted molar refractivity (Wildman–Crippen MR) is 111 cm³/mol. The molecule has 1 heterocycles. The predicted octanol–water partition coefficient (Wildman–Crippen LogP) is 3.72. The van der Waals surface area contributed by atoms with E-state index < -0.39 is 0 Å². The number of fused-ring (bicyclic) bond motifs is 1. The zero-order valence-corrected chi connectivity index (χ0v) is 17.1. The van der Waals surface area contributed by atoms with Crippen molar-refractivity contribution in [1.29, 1.82) is 0 Å². The lowest BCUT2D eigenvalue weighted by Gasteiger charge is -2.20. The second kappa shape index (κ2) is 9.98. The monoisotopic (exact) mass is 397 g/mol. The number of benzene rings is 2. The maximum Gasteiger partial charge on any atom is 0.244 e. The van der Waals surface area contributed by atoms with Gasteiger partial charge in [-0.2, -0.15) is 0 Å². The Labute approximate surface area is 171 Å². The molecule has 0 spiro atoms. The van der Waals surface area contributed by atoms with E-state index in [1.165, 1.54) is 6.08 Å². The lowest BCUT2D eigenvalue weighted by Crippen LogP contribution is -2.21.